The van der Waals surface area contributed by atoms with Crippen LogP contribution >= 0.6 is 0 Å². The molecular formula is C11H20F2N2O. The van der Waals surface area contributed by atoms with Crippen LogP contribution < -0.4 is 5.73 Å². The van der Waals surface area contributed by atoms with Crippen molar-refractivity contribution in [3.63, 3.8) is 0 Å². The molecule has 1 aliphatic heterocycles. The van der Waals surface area contributed by atoms with Crippen LogP contribution in [-0.2, 0) is 4.74 Å². The van der Waals surface area contributed by atoms with Crippen molar-refractivity contribution in [2.24, 2.45) is 5.73 Å². The first-order chi connectivity index (χ1) is 7.58. The van der Waals surface area contributed by atoms with Crippen molar-refractivity contribution < 1.29 is 13.5 Å². The largest absolute Gasteiger partial charge is 0.379 e. The quantitative estimate of drug-likeness (QED) is 0.781. The molecule has 5 heteroatoms. The van der Waals surface area contributed by atoms with Gasteiger partial charge in [-0.25, -0.2) is 8.78 Å². The first-order valence-corrected chi connectivity index (χ1v) is 5.99. The van der Waals surface area contributed by atoms with E-state index in [9.17, 15) is 8.78 Å². The zero-order valence-electron chi connectivity index (χ0n) is 9.55. The lowest BCUT2D eigenvalue weighted by atomic mass is 9.78. The van der Waals surface area contributed by atoms with Crippen LogP contribution in [0.4, 0.5) is 8.78 Å². The molecule has 0 amide bonds. The van der Waals surface area contributed by atoms with Gasteiger partial charge in [0.2, 0.25) is 5.92 Å². The lowest BCUT2D eigenvalue weighted by molar-refractivity contribution is -0.0973. The van der Waals surface area contributed by atoms with E-state index in [1.54, 1.807) is 0 Å². The van der Waals surface area contributed by atoms with Crippen LogP contribution in [0, 0.1) is 0 Å². The Hall–Kier alpha value is -0.260. The van der Waals surface area contributed by atoms with Crippen molar-refractivity contribution in [1.29, 1.82) is 0 Å². The zero-order chi connectivity index (χ0) is 11.6. The zero-order valence-corrected chi connectivity index (χ0v) is 9.55. The van der Waals surface area contributed by atoms with E-state index in [1.807, 2.05) is 0 Å². The predicted octanol–water partition coefficient (Wildman–Crippen LogP) is 1.23. The van der Waals surface area contributed by atoms with Gasteiger partial charge in [0.15, 0.2) is 0 Å². The number of nitrogens with two attached hydrogens (primary N) is 1. The summed E-state index contributed by atoms with van der Waals surface area (Å²) in [4.78, 5) is 2.26. The fourth-order valence-corrected chi connectivity index (χ4v) is 2.77. The number of hydrogen-bond donors (Lipinski definition) is 1. The molecule has 94 valence electrons. The van der Waals surface area contributed by atoms with Gasteiger partial charge in [-0.05, 0) is 12.8 Å². The van der Waals surface area contributed by atoms with E-state index in [-0.39, 0.29) is 18.4 Å². The van der Waals surface area contributed by atoms with Gasteiger partial charge < -0.3 is 10.5 Å². The molecule has 0 aromatic rings. The lowest BCUT2D eigenvalue weighted by Crippen LogP contribution is -2.59. The highest BCUT2D eigenvalue weighted by atomic mass is 19.3. The molecule has 3 nitrogen and oxygen atoms in total. The van der Waals surface area contributed by atoms with E-state index in [4.69, 9.17) is 10.5 Å². The first kappa shape index (κ1) is 12.2. The van der Waals surface area contributed by atoms with Gasteiger partial charge in [0.05, 0.1) is 13.2 Å². The highest BCUT2D eigenvalue weighted by molar-refractivity contribution is 4.98. The minimum Gasteiger partial charge on any atom is -0.379 e. The summed E-state index contributed by atoms with van der Waals surface area (Å²) in [6.45, 7) is 3.50. The molecule has 0 atom stereocenters. The van der Waals surface area contributed by atoms with Gasteiger partial charge in [-0.2, -0.15) is 0 Å². The molecule has 0 aromatic carbocycles. The first-order valence-electron chi connectivity index (χ1n) is 5.99. The highest BCUT2D eigenvalue weighted by Crippen LogP contribution is 2.41. The lowest BCUT2D eigenvalue weighted by Gasteiger charge is -2.48. The van der Waals surface area contributed by atoms with Gasteiger partial charge in [-0.15, -0.1) is 0 Å². The molecule has 0 aromatic heterocycles. The SMILES string of the molecule is NCC1(N2CCOCC2)CCC(F)(F)CC1. The van der Waals surface area contributed by atoms with E-state index in [2.05, 4.69) is 4.90 Å². The molecular weight excluding hydrogens is 214 g/mol. The van der Waals surface area contributed by atoms with E-state index < -0.39 is 5.92 Å². The summed E-state index contributed by atoms with van der Waals surface area (Å²) in [5, 5.41) is 0. The van der Waals surface area contributed by atoms with Crippen LogP contribution in [0.5, 0.6) is 0 Å². The highest BCUT2D eigenvalue weighted by Gasteiger charge is 2.45. The normalized spacial score (nSPS) is 30.2. The van der Waals surface area contributed by atoms with E-state index in [1.165, 1.54) is 0 Å². The van der Waals surface area contributed by atoms with Crippen LogP contribution in [0.2, 0.25) is 0 Å². The number of ether oxygens (including phenoxy) is 1. The van der Waals surface area contributed by atoms with E-state index in [0.717, 1.165) is 13.1 Å². The minimum absolute atomic E-state index is 0.0262. The molecule has 1 heterocycles. The van der Waals surface area contributed by atoms with Crippen molar-refractivity contribution in [3.8, 4) is 0 Å². The molecule has 0 bridgehead atoms. The van der Waals surface area contributed by atoms with Gasteiger partial charge in [0.25, 0.3) is 0 Å². The second-order valence-corrected chi connectivity index (χ2v) is 4.88. The molecule has 2 rings (SSSR count). The van der Waals surface area contributed by atoms with Crippen molar-refractivity contribution >= 4 is 0 Å². The fraction of sp³-hybridized carbons (Fsp3) is 1.00. The average Bonchev–Trinajstić information content (AvgIpc) is 2.31. The smallest absolute Gasteiger partial charge is 0.248 e. The predicted molar refractivity (Wildman–Crippen MR) is 57.6 cm³/mol. The Kier molecular flexibility index (Phi) is 3.47. The van der Waals surface area contributed by atoms with Gasteiger partial charge in [0.1, 0.15) is 0 Å². The topological polar surface area (TPSA) is 38.5 Å². The van der Waals surface area contributed by atoms with Crippen molar-refractivity contribution in [2.45, 2.75) is 37.1 Å². The number of halogens is 2. The number of alkyl halides is 2. The minimum atomic E-state index is -2.48. The summed E-state index contributed by atoms with van der Waals surface area (Å²) in [5.41, 5.74) is 5.63. The Morgan fingerprint density at radius 1 is 1.06 bits per heavy atom. The van der Waals surface area contributed by atoms with Crippen LogP contribution in [-0.4, -0.2) is 49.2 Å². The Bertz CT molecular complexity index is 232. The maximum Gasteiger partial charge on any atom is 0.248 e. The molecule has 2 fully saturated rings. The third kappa shape index (κ3) is 2.36. The molecule has 16 heavy (non-hydrogen) atoms. The monoisotopic (exact) mass is 234 g/mol. The van der Waals surface area contributed by atoms with Gasteiger partial charge >= 0.3 is 0 Å². The molecule has 0 spiro atoms. The Balaban J connectivity index is 2.02. The summed E-state index contributed by atoms with van der Waals surface area (Å²) < 4.78 is 31.6. The molecule has 1 saturated heterocycles. The van der Waals surface area contributed by atoms with Crippen LogP contribution in [0.25, 0.3) is 0 Å². The van der Waals surface area contributed by atoms with Crippen molar-refractivity contribution in [3.05, 3.63) is 0 Å². The maximum absolute atomic E-state index is 13.2. The second-order valence-electron chi connectivity index (χ2n) is 4.88. The second kappa shape index (κ2) is 4.55. The van der Waals surface area contributed by atoms with Crippen LogP contribution in [0.15, 0.2) is 0 Å². The molecule has 2 aliphatic rings. The molecule has 0 unspecified atom stereocenters. The van der Waals surface area contributed by atoms with Crippen LogP contribution in [0.3, 0.4) is 0 Å². The Morgan fingerprint density at radius 2 is 1.62 bits per heavy atom. The van der Waals surface area contributed by atoms with Gasteiger partial charge in [-0.3, -0.25) is 4.90 Å². The average molecular weight is 234 g/mol. The summed E-state index contributed by atoms with van der Waals surface area (Å²) in [5.74, 6) is -2.48. The van der Waals surface area contributed by atoms with Crippen molar-refractivity contribution in [1.82, 2.24) is 4.90 Å². The fourth-order valence-electron chi connectivity index (χ4n) is 2.77. The van der Waals surface area contributed by atoms with Gasteiger partial charge in [0, 0.05) is 38.0 Å². The summed E-state index contributed by atoms with van der Waals surface area (Å²) in [6, 6.07) is 0. The number of morpholine rings is 1. The standard InChI is InChI=1S/C11H20F2N2O/c12-11(13)3-1-10(9-14,2-4-11)15-5-7-16-8-6-15/h1-9,14H2. The molecule has 0 radical (unpaired) electrons. The van der Waals surface area contributed by atoms with E-state index in [0.29, 0.717) is 32.6 Å². The number of rotatable bonds is 2. The van der Waals surface area contributed by atoms with Gasteiger partial charge in [-0.1, -0.05) is 0 Å². The number of nitrogens with zero attached hydrogens (tertiary/aromatic N) is 1. The molecule has 1 aliphatic carbocycles. The number of hydrogen-bond acceptors (Lipinski definition) is 3. The van der Waals surface area contributed by atoms with Crippen molar-refractivity contribution in [2.75, 3.05) is 32.8 Å². The molecule has 1 saturated carbocycles. The molecule has 2 N–H and O–H groups in total. The van der Waals surface area contributed by atoms with Crippen LogP contribution in [0.1, 0.15) is 25.7 Å². The summed E-state index contributed by atoms with van der Waals surface area (Å²) in [7, 11) is 0. The Labute approximate surface area is 94.9 Å². The third-order valence-corrected chi connectivity index (χ3v) is 3.97. The van der Waals surface area contributed by atoms with E-state index >= 15 is 0 Å². The third-order valence-electron chi connectivity index (χ3n) is 3.97. The maximum atomic E-state index is 13.2. The Morgan fingerprint density at radius 3 is 2.12 bits per heavy atom. The summed E-state index contributed by atoms with van der Waals surface area (Å²) in [6.07, 6.45) is 0.968. The summed E-state index contributed by atoms with van der Waals surface area (Å²) >= 11 is 0.